The number of pyridine rings is 1. The average Bonchev–Trinajstić information content (AvgIpc) is 2.67. The number of carbonyl (C=O) groups excluding carboxylic acids is 1. The van der Waals surface area contributed by atoms with E-state index >= 15 is 0 Å². The molecule has 0 bridgehead atoms. The fourth-order valence-corrected chi connectivity index (χ4v) is 2.62. The molecule has 0 atom stereocenters. The third-order valence-corrected chi connectivity index (χ3v) is 4.32. The summed E-state index contributed by atoms with van der Waals surface area (Å²) >= 11 is 16.8. The van der Waals surface area contributed by atoms with Gasteiger partial charge in [-0.25, -0.2) is 4.98 Å². The summed E-state index contributed by atoms with van der Waals surface area (Å²) in [7, 11) is 1.63. The first-order valence-electron chi connectivity index (χ1n) is 7.97. The number of amides is 1. The standard InChI is InChI=1S/C20H15Cl3N2O2/c1-27-16-10-8-13(9-11-16)17-6-3-7-18(25-17)14-4-2-5-15(12-14)24-19(26)20(21,22)23/h2-12H,1H3,(H,24,26). The summed E-state index contributed by atoms with van der Waals surface area (Å²) in [6.45, 7) is 0. The smallest absolute Gasteiger partial charge is 0.276 e. The summed E-state index contributed by atoms with van der Waals surface area (Å²) in [4.78, 5) is 16.5. The molecule has 0 spiro atoms. The van der Waals surface area contributed by atoms with E-state index in [0.29, 0.717) is 5.69 Å². The molecule has 4 nitrogen and oxygen atoms in total. The quantitative estimate of drug-likeness (QED) is 0.547. The molecule has 1 N–H and O–H groups in total. The Kier molecular flexibility index (Phi) is 5.90. The fourth-order valence-electron chi connectivity index (χ4n) is 2.48. The highest BCUT2D eigenvalue weighted by atomic mass is 35.6. The average molecular weight is 422 g/mol. The summed E-state index contributed by atoms with van der Waals surface area (Å²) < 4.78 is 3.16. The number of nitrogens with one attached hydrogen (secondary N) is 1. The maximum absolute atomic E-state index is 11.8. The fraction of sp³-hybridized carbons (Fsp3) is 0.100. The topological polar surface area (TPSA) is 51.2 Å². The maximum Gasteiger partial charge on any atom is 0.276 e. The number of hydrogen-bond acceptors (Lipinski definition) is 3. The van der Waals surface area contributed by atoms with Crippen molar-refractivity contribution in [2.75, 3.05) is 12.4 Å². The van der Waals surface area contributed by atoms with Gasteiger partial charge in [-0.15, -0.1) is 0 Å². The van der Waals surface area contributed by atoms with Gasteiger partial charge < -0.3 is 10.1 Å². The van der Waals surface area contributed by atoms with Gasteiger partial charge in [0.05, 0.1) is 18.5 Å². The normalized spacial score (nSPS) is 11.1. The van der Waals surface area contributed by atoms with E-state index in [1.54, 1.807) is 25.3 Å². The van der Waals surface area contributed by atoms with Crippen LogP contribution in [0.15, 0.2) is 66.7 Å². The van der Waals surface area contributed by atoms with E-state index in [2.05, 4.69) is 5.32 Å². The lowest BCUT2D eigenvalue weighted by Crippen LogP contribution is -2.26. The zero-order valence-corrected chi connectivity index (χ0v) is 16.5. The number of methoxy groups -OCH3 is 1. The van der Waals surface area contributed by atoms with Crippen molar-refractivity contribution in [2.45, 2.75) is 3.79 Å². The molecule has 0 saturated heterocycles. The Labute approximate surface area is 172 Å². The van der Waals surface area contributed by atoms with Crippen LogP contribution in [0.3, 0.4) is 0 Å². The van der Waals surface area contributed by atoms with Crippen molar-refractivity contribution in [3.63, 3.8) is 0 Å². The molecular weight excluding hydrogens is 407 g/mol. The van der Waals surface area contributed by atoms with Crippen LogP contribution in [0.25, 0.3) is 22.5 Å². The second-order valence-corrected chi connectivity index (χ2v) is 7.95. The molecule has 0 saturated carbocycles. The second-order valence-electron chi connectivity index (χ2n) is 5.67. The highest BCUT2D eigenvalue weighted by Gasteiger charge is 2.30. The van der Waals surface area contributed by atoms with Gasteiger partial charge in [0, 0.05) is 16.8 Å². The van der Waals surface area contributed by atoms with Crippen LogP contribution < -0.4 is 10.1 Å². The highest BCUT2D eigenvalue weighted by molar-refractivity contribution is 6.76. The van der Waals surface area contributed by atoms with Crippen LogP contribution in [0.1, 0.15) is 0 Å². The molecule has 1 heterocycles. The van der Waals surface area contributed by atoms with Gasteiger partial charge in [-0.2, -0.15) is 0 Å². The largest absolute Gasteiger partial charge is 0.497 e. The van der Waals surface area contributed by atoms with Gasteiger partial charge in [-0.1, -0.05) is 53.0 Å². The summed E-state index contributed by atoms with van der Waals surface area (Å²) in [5.41, 5.74) is 3.89. The van der Waals surface area contributed by atoms with Crippen molar-refractivity contribution in [2.24, 2.45) is 0 Å². The lowest BCUT2D eigenvalue weighted by molar-refractivity contribution is -0.115. The van der Waals surface area contributed by atoms with Gasteiger partial charge in [0.25, 0.3) is 9.70 Å². The molecule has 0 unspecified atom stereocenters. The Morgan fingerprint density at radius 1 is 0.926 bits per heavy atom. The minimum absolute atomic E-state index is 0.514. The van der Waals surface area contributed by atoms with Crippen molar-refractivity contribution >= 4 is 46.4 Å². The van der Waals surface area contributed by atoms with Crippen LogP contribution in [0, 0.1) is 0 Å². The molecule has 0 aliphatic heterocycles. The van der Waals surface area contributed by atoms with Gasteiger partial charge >= 0.3 is 0 Å². The predicted octanol–water partition coefficient (Wildman–Crippen LogP) is 5.73. The predicted molar refractivity (Wildman–Crippen MR) is 111 cm³/mol. The zero-order chi connectivity index (χ0) is 19.4. The molecule has 2 aromatic carbocycles. The first kappa shape index (κ1) is 19.5. The molecule has 1 aromatic heterocycles. The number of benzene rings is 2. The van der Waals surface area contributed by atoms with E-state index in [4.69, 9.17) is 44.5 Å². The van der Waals surface area contributed by atoms with Gasteiger partial charge in [-0.3, -0.25) is 4.79 Å². The van der Waals surface area contributed by atoms with Crippen LogP contribution in [0.2, 0.25) is 0 Å². The number of halogens is 3. The number of anilines is 1. The summed E-state index contributed by atoms with van der Waals surface area (Å²) in [5.74, 6) is 0.0666. The van der Waals surface area contributed by atoms with Crippen LogP contribution in [0.4, 0.5) is 5.69 Å². The van der Waals surface area contributed by atoms with Gasteiger partial charge in [0.2, 0.25) is 0 Å². The van der Waals surface area contributed by atoms with Crippen LogP contribution in [-0.2, 0) is 4.79 Å². The molecule has 0 aliphatic carbocycles. The van der Waals surface area contributed by atoms with E-state index in [9.17, 15) is 4.79 Å². The van der Waals surface area contributed by atoms with Crippen LogP contribution in [-0.4, -0.2) is 21.8 Å². The molecule has 1 amide bonds. The Morgan fingerprint density at radius 2 is 1.56 bits per heavy atom. The first-order chi connectivity index (χ1) is 12.9. The molecule has 0 radical (unpaired) electrons. The zero-order valence-electron chi connectivity index (χ0n) is 14.2. The number of hydrogen-bond donors (Lipinski definition) is 1. The Hall–Kier alpha value is -2.27. The summed E-state index contributed by atoms with van der Waals surface area (Å²) in [6, 6.07) is 20.6. The van der Waals surface area contributed by atoms with Gasteiger partial charge in [0.1, 0.15) is 5.75 Å². The lowest BCUT2D eigenvalue weighted by atomic mass is 10.1. The number of aromatic nitrogens is 1. The van der Waals surface area contributed by atoms with Crippen molar-refractivity contribution in [3.05, 3.63) is 66.7 Å². The van der Waals surface area contributed by atoms with Crippen molar-refractivity contribution < 1.29 is 9.53 Å². The SMILES string of the molecule is COc1ccc(-c2cccc(-c3cccc(NC(=O)C(Cl)(Cl)Cl)c3)n2)cc1. The van der Waals surface area contributed by atoms with Crippen molar-refractivity contribution in [1.29, 1.82) is 0 Å². The molecular formula is C20H15Cl3N2O2. The molecule has 3 aromatic rings. The lowest BCUT2D eigenvalue weighted by Gasteiger charge is -2.12. The summed E-state index contributed by atoms with van der Waals surface area (Å²) in [6.07, 6.45) is 0. The second kappa shape index (κ2) is 8.17. The van der Waals surface area contributed by atoms with Crippen molar-refractivity contribution in [1.82, 2.24) is 4.98 Å². The van der Waals surface area contributed by atoms with Crippen LogP contribution in [0.5, 0.6) is 5.75 Å². The van der Waals surface area contributed by atoms with Crippen LogP contribution >= 0.6 is 34.8 Å². The van der Waals surface area contributed by atoms with Gasteiger partial charge in [-0.05, 0) is 48.5 Å². The Bertz CT molecular complexity index is 954. The van der Waals surface area contributed by atoms with E-state index < -0.39 is 9.70 Å². The van der Waals surface area contributed by atoms with Gasteiger partial charge in [0.15, 0.2) is 0 Å². The third kappa shape index (κ3) is 4.92. The highest BCUT2D eigenvalue weighted by Crippen LogP contribution is 2.29. The van der Waals surface area contributed by atoms with E-state index in [1.807, 2.05) is 48.5 Å². The molecule has 0 aliphatic rings. The van der Waals surface area contributed by atoms with Crippen molar-refractivity contribution in [3.8, 4) is 28.3 Å². The monoisotopic (exact) mass is 420 g/mol. The molecule has 7 heteroatoms. The molecule has 0 fully saturated rings. The first-order valence-corrected chi connectivity index (χ1v) is 9.10. The Balaban J connectivity index is 1.88. The van der Waals surface area contributed by atoms with E-state index in [0.717, 1.165) is 28.3 Å². The third-order valence-electron chi connectivity index (χ3n) is 3.81. The number of alkyl halides is 3. The van der Waals surface area contributed by atoms with E-state index in [-0.39, 0.29) is 0 Å². The Morgan fingerprint density at radius 3 is 2.19 bits per heavy atom. The molecule has 138 valence electrons. The molecule has 27 heavy (non-hydrogen) atoms. The molecule has 3 rings (SSSR count). The minimum Gasteiger partial charge on any atom is -0.497 e. The summed E-state index contributed by atoms with van der Waals surface area (Å²) in [5, 5.41) is 2.57. The minimum atomic E-state index is -2.03. The number of nitrogens with zero attached hydrogens (tertiary/aromatic N) is 1. The number of ether oxygens (including phenoxy) is 1. The van der Waals surface area contributed by atoms with E-state index in [1.165, 1.54) is 0 Å². The number of carbonyl (C=O) groups is 1. The number of rotatable bonds is 4. The maximum atomic E-state index is 11.8.